The summed E-state index contributed by atoms with van der Waals surface area (Å²) < 4.78 is 0. The van der Waals surface area contributed by atoms with Crippen molar-refractivity contribution in [3.8, 4) is 0 Å². The number of nitrogens with one attached hydrogen (secondary N) is 1. The third kappa shape index (κ3) is 3.03. The fourth-order valence-electron chi connectivity index (χ4n) is 2.33. The van der Waals surface area contributed by atoms with E-state index >= 15 is 0 Å². The number of aliphatic hydroxyl groups is 1. The average Bonchev–Trinajstić information content (AvgIpc) is 2.32. The molecule has 1 aromatic rings. The molecule has 0 heterocycles. The molecule has 0 aromatic heterocycles. The molecule has 1 saturated carbocycles. The van der Waals surface area contributed by atoms with E-state index in [9.17, 15) is 9.90 Å². The molecule has 98 valence electrons. The topological polar surface area (TPSA) is 49.3 Å². The third-order valence-corrected chi connectivity index (χ3v) is 3.73. The molecule has 1 aliphatic carbocycles. The van der Waals surface area contributed by atoms with Crippen LogP contribution in [0.4, 0.5) is 0 Å². The number of hydrogen-bond acceptors (Lipinski definition) is 2. The second-order valence-corrected chi connectivity index (χ2v) is 5.32. The average molecular weight is 268 g/mol. The summed E-state index contributed by atoms with van der Waals surface area (Å²) in [5.74, 6) is -0.203. The van der Waals surface area contributed by atoms with Gasteiger partial charge in [-0.25, -0.2) is 0 Å². The smallest absolute Gasteiger partial charge is 0.253 e. The largest absolute Gasteiger partial charge is 0.391 e. The lowest BCUT2D eigenvalue weighted by atomic mass is 9.92. The number of halogens is 1. The molecule has 2 rings (SSSR count). The SMILES string of the molecule is Cc1ccc(C(=O)N[C@@H]2CCCC[C@H]2O)c(Cl)c1. The van der Waals surface area contributed by atoms with E-state index in [2.05, 4.69) is 5.32 Å². The van der Waals surface area contributed by atoms with Crippen LogP contribution < -0.4 is 5.32 Å². The van der Waals surface area contributed by atoms with Crippen molar-refractivity contribution in [3.05, 3.63) is 34.3 Å². The summed E-state index contributed by atoms with van der Waals surface area (Å²) in [4.78, 5) is 12.1. The van der Waals surface area contributed by atoms with E-state index in [1.54, 1.807) is 12.1 Å². The molecule has 0 radical (unpaired) electrons. The number of hydrogen-bond donors (Lipinski definition) is 2. The van der Waals surface area contributed by atoms with Gasteiger partial charge in [-0.2, -0.15) is 0 Å². The summed E-state index contributed by atoms with van der Waals surface area (Å²) in [6.45, 7) is 1.93. The van der Waals surface area contributed by atoms with Crippen LogP contribution in [0.1, 0.15) is 41.6 Å². The predicted octanol–water partition coefficient (Wildman–Crippen LogP) is 2.68. The lowest BCUT2D eigenvalue weighted by molar-refractivity contribution is 0.0717. The second-order valence-electron chi connectivity index (χ2n) is 4.92. The van der Waals surface area contributed by atoms with Gasteiger partial charge < -0.3 is 10.4 Å². The Morgan fingerprint density at radius 3 is 2.78 bits per heavy atom. The van der Waals surface area contributed by atoms with Crippen molar-refractivity contribution < 1.29 is 9.90 Å². The zero-order valence-electron chi connectivity index (χ0n) is 10.4. The molecule has 0 unspecified atom stereocenters. The van der Waals surface area contributed by atoms with Gasteiger partial charge >= 0.3 is 0 Å². The molecule has 1 aromatic carbocycles. The van der Waals surface area contributed by atoms with Crippen LogP contribution in [0.2, 0.25) is 5.02 Å². The van der Waals surface area contributed by atoms with Gasteiger partial charge in [0, 0.05) is 0 Å². The second kappa shape index (κ2) is 5.72. The summed E-state index contributed by atoms with van der Waals surface area (Å²) in [6, 6.07) is 5.21. The minimum Gasteiger partial charge on any atom is -0.391 e. The highest BCUT2D eigenvalue weighted by Crippen LogP contribution is 2.21. The highest BCUT2D eigenvalue weighted by molar-refractivity contribution is 6.33. The zero-order valence-corrected chi connectivity index (χ0v) is 11.2. The summed E-state index contributed by atoms with van der Waals surface area (Å²) in [7, 11) is 0. The third-order valence-electron chi connectivity index (χ3n) is 3.42. The Labute approximate surface area is 112 Å². The number of carbonyl (C=O) groups is 1. The summed E-state index contributed by atoms with van der Waals surface area (Å²) in [6.07, 6.45) is 3.22. The van der Waals surface area contributed by atoms with Crippen LogP contribution in [0, 0.1) is 6.92 Å². The normalized spacial score (nSPS) is 23.7. The molecule has 2 N–H and O–H groups in total. The van der Waals surface area contributed by atoms with Crippen molar-refractivity contribution in [1.82, 2.24) is 5.32 Å². The quantitative estimate of drug-likeness (QED) is 0.866. The Bertz CT molecular complexity index is 447. The van der Waals surface area contributed by atoms with Gasteiger partial charge in [-0.15, -0.1) is 0 Å². The molecule has 0 aliphatic heterocycles. The van der Waals surface area contributed by atoms with Crippen LogP contribution in [-0.4, -0.2) is 23.2 Å². The number of rotatable bonds is 2. The lowest BCUT2D eigenvalue weighted by Crippen LogP contribution is -2.45. The molecule has 1 aliphatic rings. The Morgan fingerprint density at radius 2 is 2.11 bits per heavy atom. The fraction of sp³-hybridized carbons (Fsp3) is 0.500. The maximum Gasteiger partial charge on any atom is 0.253 e. The van der Waals surface area contributed by atoms with E-state index in [1.807, 2.05) is 13.0 Å². The molecule has 0 spiro atoms. The molecule has 2 atom stereocenters. The number of aliphatic hydroxyl groups excluding tert-OH is 1. The van der Waals surface area contributed by atoms with Gasteiger partial charge in [0.2, 0.25) is 0 Å². The van der Waals surface area contributed by atoms with Crippen LogP contribution >= 0.6 is 11.6 Å². The number of benzene rings is 1. The summed E-state index contributed by atoms with van der Waals surface area (Å²) in [5.41, 5.74) is 1.49. The van der Waals surface area contributed by atoms with E-state index in [0.29, 0.717) is 10.6 Å². The highest BCUT2D eigenvalue weighted by atomic mass is 35.5. The van der Waals surface area contributed by atoms with Crippen LogP contribution in [0.3, 0.4) is 0 Å². The molecule has 0 saturated heterocycles. The standard InChI is InChI=1S/C14H18ClNO2/c1-9-6-7-10(11(15)8-9)14(18)16-12-4-2-3-5-13(12)17/h6-8,12-13,17H,2-5H2,1H3,(H,16,18)/t12-,13-/m1/s1. The molecular formula is C14H18ClNO2. The molecule has 3 nitrogen and oxygen atoms in total. The van der Waals surface area contributed by atoms with Crippen LogP contribution in [0.25, 0.3) is 0 Å². The first-order chi connectivity index (χ1) is 8.58. The number of carbonyl (C=O) groups excluding carboxylic acids is 1. The summed E-state index contributed by atoms with van der Waals surface area (Å²) in [5, 5.41) is 13.2. The minimum atomic E-state index is -0.438. The van der Waals surface area contributed by atoms with Crippen molar-refractivity contribution in [2.24, 2.45) is 0 Å². The monoisotopic (exact) mass is 267 g/mol. The van der Waals surface area contributed by atoms with Gasteiger partial charge in [-0.1, -0.05) is 30.5 Å². The highest BCUT2D eigenvalue weighted by Gasteiger charge is 2.25. The van der Waals surface area contributed by atoms with E-state index in [1.165, 1.54) is 0 Å². The molecule has 4 heteroatoms. The first kappa shape index (κ1) is 13.4. The van der Waals surface area contributed by atoms with Crippen molar-refractivity contribution >= 4 is 17.5 Å². The fourth-order valence-corrected chi connectivity index (χ4v) is 2.65. The van der Waals surface area contributed by atoms with Crippen LogP contribution in [0.15, 0.2) is 18.2 Å². The molecular weight excluding hydrogens is 250 g/mol. The number of amides is 1. The molecule has 1 fully saturated rings. The van der Waals surface area contributed by atoms with E-state index in [0.717, 1.165) is 31.2 Å². The van der Waals surface area contributed by atoms with Crippen molar-refractivity contribution in [2.75, 3.05) is 0 Å². The zero-order chi connectivity index (χ0) is 13.1. The molecule has 18 heavy (non-hydrogen) atoms. The van der Waals surface area contributed by atoms with Gasteiger partial charge in [-0.05, 0) is 37.5 Å². The van der Waals surface area contributed by atoms with Crippen molar-refractivity contribution in [3.63, 3.8) is 0 Å². The van der Waals surface area contributed by atoms with Crippen LogP contribution in [-0.2, 0) is 0 Å². The first-order valence-electron chi connectivity index (χ1n) is 6.33. The lowest BCUT2D eigenvalue weighted by Gasteiger charge is -2.28. The predicted molar refractivity (Wildman–Crippen MR) is 71.9 cm³/mol. The molecule has 1 amide bonds. The van der Waals surface area contributed by atoms with Gasteiger partial charge in [0.25, 0.3) is 5.91 Å². The van der Waals surface area contributed by atoms with E-state index in [4.69, 9.17) is 11.6 Å². The van der Waals surface area contributed by atoms with Crippen molar-refractivity contribution in [1.29, 1.82) is 0 Å². The summed E-state index contributed by atoms with van der Waals surface area (Å²) >= 11 is 6.06. The van der Waals surface area contributed by atoms with Gasteiger partial charge in [0.05, 0.1) is 22.7 Å². The van der Waals surface area contributed by atoms with E-state index < -0.39 is 6.10 Å². The number of aryl methyl sites for hydroxylation is 1. The Morgan fingerprint density at radius 1 is 1.39 bits per heavy atom. The molecule has 0 bridgehead atoms. The minimum absolute atomic E-state index is 0.149. The van der Waals surface area contributed by atoms with E-state index in [-0.39, 0.29) is 11.9 Å². The Balaban J connectivity index is 2.07. The van der Waals surface area contributed by atoms with Crippen molar-refractivity contribution in [2.45, 2.75) is 44.8 Å². The Kier molecular flexibility index (Phi) is 4.25. The maximum atomic E-state index is 12.1. The van der Waals surface area contributed by atoms with Gasteiger partial charge in [-0.3, -0.25) is 4.79 Å². The maximum absolute atomic E-state index is 12.1. The van der Waals surface area contributed by atoms with Gasteiger partial charge in [0.15, 0.2) is 0 Å². The van der Waals surface area contributed by atoms with Gasteiger partial charge in [0.1, 0.15) is 0 Å². The Hall–Kier alpha value is -1.06. The van der Waals surface area contributed by atoms with Crippen LogP contribution in [0.5, 0.6) is 0 Å². The first-order valence-corrected chi connectivity index (χ1v) is 6.71.